The molecule has 0 saturated heterocycles. The first-order valence-electron chi connectivity index (χ1n) is 7.10. The van der Waals surface area contributed by atoms with Crippen LogP contribution in [0.3, 0.4) is 0 Å². The molecule has 2 aromatic rings. The Bertz CT molecular complexity index is 599. The number of nitrogens with zero attached hydrogens (tertiary/aromatic N) is 1. The van der Waals surface area contributed by atoms with Gasteiger partial charge < -0.3 is 9.88 Å². The van der Waals surface area contributed by atoms with Crippen LogP contribution in [0.4, 0.5) is 0 Å². The van der Waals surface area contributed by atoms with Crippen LogP contribution < -0.4 is 10.9 Å². The molecule has 0 atom stereocenters. The van der Waals surface area contributed by atoms with Gasteiger partial charge in [-0.1, -0.05) is 32.9 Å². The first kappa shape index (κ1) is 15.0. The maximum atomic E-state index is 12.7. The third-order valence-electron chi connectivity index (χ3n) is 3.14. The normalized spacial score (nSPS) is 11.2. The average Bonchev–Trinajstić information content (AvgIpc) is 2.93. The first-order valence-corrected chi connectivity index (χ1v) is 7.98. The lowest BCUT2D eigenvalue weighted by atomic mass is 10.1. The van der Waals surface area contributed by atoms with Gasteiger partial charge in [0.25, 0.3) is 5.56 Å². The van der Waals surface area contributed by atoms with Crippen LogP contribution in [0.2, 0.25) is 0 Å². The molecule has 0 bridgehead atoms. The largest absolute Gasteiger partial charge is 0.313 e. The Kier molecular flexibility index (Phi) is 5.15. The van der Waals surface area contributed by atoms with E-state index < -0.39 is 0 Å². The molecular weight excluding hydrogens is 268 g/mol. The Labute approximate surface area is 124 Å². The van der Waals surface area contributed by atoms with Crippen LogP contribution in [0.5, 0.6) is 0 Å². The molecule has 0 spiro atoms. The highest BCUT2D eigenvalue weighted by atomic mass is 32.1. The Morgan fingerprint density at radius 3 is 2.70 bits per heavy atom. The standard InChI is InChI=1S/C16H22N2OS/c1-4-17-10-13-7-8-14(15-6-5-9-20-15)18(16(13)19)11-12(2)3/h5-9,12,17H,4,10-11H2,1-3H3. The highest BCUT2D eigenvalue weighted by molar-refractivity contribution is 7.13. The minimum Gasteiger partial charge on any atom is -0.313 e. The quantitative estimate of drug-likeness (QED) is 0.885. The molecule has 20 heavy (non-hydrogen) atoms. The number of hydrogen-bond acceptors (Lipinski definition) is 3. The fourth-order valence-electron chi connectivity index (χ4n) is 2.20. The lowest BCUT2D eigenvalue weighted by Gasteiger charge is -2.16. The van der Waals surface area contributed by atoms with Gasteiger partial charge >= 0.3 is 0 Å². The molecule has 2 aromatic heterocycles. The van der Waals surface area contributed by atoms with Crippen LogP contribution in [0, 0.1) is 5.92 Å². The second-order valence-corrected chi connectivity index (χ2v) is 6.26. The zero-order valence-electron chi connectivity index (χ0n) is 12.3. The molecule has 0 fully saturated rings. The molecule has 108 valence electrons. The van der Waals surface area contributed by atoms with E-state index in [1.54, 1.807) is 11.3 Å². The molecule has 0 unspecified atom stereocenters. The van der Waals surface area contributed by atoms with Crippen molar-refractivity contribution in [3.8, 4) is 10.6 Å². The minimum atomic E-state index is 0.130. The summed E-state index contributed by atoms with van der Waals surface area (Å²) in [4.78, 5) is 13.8. The summed E-state index contributed by atoms with van der Waals surface area (Å²) in [7, 11) is 0. The van der Waals surface area contributed by atoms with Gasteiger partial charge in [0.2, 0.25) is 0 Å². The molecule has 4 heteroatoms. The zero-order chi connectivity index (χ0) is 14.5. The fraction of sp³-hybridized carbons (Fsp3) is 0.438. The zero-order valence-corrected chi connectivity index (χ0v) is 13.2. The van der Waals surface area contributed by atoms with Gasteiger partial charge in [0.1, 0.15) is 0 Å². The van der Waals surface area contributed by atoms with Gasteiger partial charge in [-0.15, -0.1) is 11.3 Å². The molecule has 0 aliphatic heterocycles. The molecular formula is C16H22N2OS. The van der Waals surface area contributed by atoms with Gasteiger partial charge in [0.15, 0.2) is 0 Å². The minimum absolute atomic E-state index is 0.130. The summed E-state index contributed by atoms with van der Waals surface area (Å²) in [6.07, 6.45) is 0. The number of aromatic nitrogens is 1. The Balaban J connectivity index is 2.47. The lowest BCUT2D eigenvalue weighted by molar-refractivity contribution is 0.511. The van der Waals surface area contributed by atoms with Crippen molar-refractivity contribution in [2.24, 2.45) is 5.92 Å². The highest BCUT2D eigenvalue weighted by Gasteiger charge is 2.12. The molecule has 0 aliphatic rings. The third kappa shape index (κ3) is 3.38. The Morgan fingerprint density at radius 2 is 2.10 bits per heavy atom. The van der Waals surface area contributed by atoms with Crippen LogP contribution in [0.25, 0.3) is 10.6 Å². The second-order valence-electron chi connectivity index (χ2n) is 5.31. The van der Waals surface area contributed by atoms with Crippen LogP contribution in [-0.2, 0) is 13.1 Å². The lowest BCUT2D eigenvalue weighted by Crippen LogP contribution is -2.29. The molecule has 2 heterocycles. The Morgan fingerprint density at radius 1 is 1.30 bits per heavy atom. The van der Waals surface area contributed by atoms with Gasteiger partial charge in [-0.25, -0.2) is 0 Å². The highest BCUT2D eigenvalue weighted by Crippen LogP contribution is 2.24. The maximum Gasteiger partial charge on any atom is 0.255 e. The second kappa shape index (κ2) is 6.86. The monoisotopic (exact) mass is 290 g/mol. The molecule has 0 amide bonds. The maximum absolute atomic E-state index is 12.7. The fourth-order valence-corrected chi connectivity index (χ4v) is 2.96. The van der Waals surface area contributed by atoms with E-state index >= 15 is 0 Å². The molecule has 0 aromatic carbocycles. The molecule has 1 N–H and O–H groups in total. The van der Waals surface area contributed by atoms with Crippen LogP contribution in [0.1, 0.15) is 26.3 Å². The summed E-state index contributed by atoms with van der Waals surface area (Å²) >= 11 is 1.67. The van der Waals surface area contributed by atoms with Crippen LogP contribution >= 0.6 is 11.3 Å². The van der Waals surface area contributed by atoms with Gasteiger partial charge in [0, 0.05) is 18.7 Å². The van der Waals surface area contributed by atoms with Crippen LogP contribution in [-0.4, -0.2) is 11.1 Å². The predicted octanol–water partition coefficient (Wildman–Crippen LogP) is 3.34. The predicted molar refractivity (Wildman–Crippen MR) is 86.2 cm³/mol. The number of rotatable bonds is 6. The smallest absolute Gasteiger partial charge is 0.255 e. The summed E-state index contributed by atoms with van der Waals surface area (Å²) in [6.45, 7) is 8.59. The molecule has 0 aliphatic carbocycles. The SMILES string of the molecule is CCNCc1ccc(-c2cccs2)n(CC(C)C)c1=O. The van der Waals surface area contributed by atoms with E-state index in [4.69, 9.17) is 0 Å². The van der Waals surface area contributed by atoms with Gasteiger partial charge in [-0.2, -0.15) is 0 Å². The van der Waals surface area contributed by atoms with Gasteiger partial charge in [-0.3, -0.25) is 4.79 Å². The van der Waals surface area contributed by atoms with Crippen molar-refractivity contribution in [3.63, 3.8) is 0 Å². The average molecular weight is 290 g/mol. The number of pyridine rings is 1. The van der Waals surface area contributed by atoms with E-state index in [0.717, 1.165) is 29.2 Å². The summed E-state index contributed by atoms with van der Waals surface area (Å²) in [6, 6.07) is 8.12. The number of hydrogen-bond donors (Lipinski definition) is 1. The van der Waals surface area contributed by atoms with E-state index in [1.165, 1.54) is 0 Å². The van der Waals surface area contributed by atoms with E-state index in [2.05, 4.69) is 31.3 Å². The summed E-state index contributed by atoms with van der Waals surface area (Å²) in [5.74, 6) is 0.445. The van der Waals surface area contributed by atoms with Crippen molar-refractivity contribution in [3.05, 3.63) is 45.6 Å². The molecule has 0 saturated carbocycles. The van der Waals surface area contributed by atoms with Crippen LogP contribution in [0.15, 0.2) is 34.4 Å². The van der Waals surface area contributed by atoms with E-state index in [-0.39, 0.29) is 5.56 Å². The first-order chi connectivity index (χ1) is 9.63. The van der Waals surface area contributed by atoms with Crippen molar-refractivity contribution in [1.29, 1.82) is 0 Å². The van der Waals surface area contributed by atoms with E-state index in [0.29, 0.717) is 12.5 Å². The van der Waals surface area contributed by atoms with Gasteiger partial charge in [0.05, 0.1) is 10.6 Å². The molecule has 3 nitrogen and oxygen atoms in total. The summed E-state index contributed by atoms with van der Waals surface area (Å²) in [5, 5.41) is 5.28. The topological polar surface area (TPSA) is 34.0 Å². The molecule has 2 rings (SSSR count). The summed E-state index contributed by atoms with van der Waals surface area (Å²) in [5.41, 5.74) is 2.00. The molecule has 0 radical (unpaired) electrons. The number of nitrogens with one attached hydrogen (secondary N) is 1. The van der Waals surface area contributed by atoms with Crippen molar-refractivity contribution < 1.29 is 0 Å². The summed E-state index contributed by atoms with van der Waals surface area (Å²) < 4.78 is 1.92. The Hall–Kier alpha value is -1.39. The van der Waals surface area contributed by atoms with Gasteiger partial charge in [-0.05, 0) is 30.0 Å². The van der Waals surface area contributed by atoms with E-state index in [1.807, 2.05) is 29.0 Å². The third-order valence-corrected chi connectivity index (χ3v) is 4.03. The van der Waals surface area contributed by atoms with E-state index in [9.17, 15) is 4.79 Å². The van der Waals surface area contributed by atoms with Crippen molar-refractivity contribution in [1.82, 2.24) is 9.88 Å². The van der Waals surface area contributed by atoms with Crippen molar-refractivity contribution >= 4 is 11.3 Å². The van der Waals surface area contributed by atoms with Crippen molar-refractivity contribution in [2.45, 2.75) is 33.9 Å². The van der Waals surface area contributed by atoms with Crippen molar-refractivity contribution in [2.75, 3.05) is 6.54 Å². The number of thiophene rings is 1.